The molecule has 7 heteroatoms. The zero-order valence-corrected chi connectivity index (χ0v) is 14.1. The van der Waals surface area contributed by atoms with Gasteiger partial charge < -0.3 is 4.90 Å². The molecule has 0 radical (unpaired) electrons. The third kappa shape index (κ3) is 3.91. The zero-order chi connectivity index (χ0) is 17.7. The number of terminal acetylenes is 1. The van der Waals surface area contributed by atoms with Crippen molar-refractivity contribution >= 4 is 5.91 Å². The van der Waals surface area contributed by atoms with Crippen LogP contribution in [0.15, 0.2) is 46.9 Å². The van der Waals surface area contributed by atoms with Gasteiger partial charge in [0.05, 0.1) is 0 Å². The van der Waals surface area contributed by atoms with Gasteiger partial charge in [0.25, 0.3) is 0 Å². The first-order valence-corrected chi connectivity index (χ1v) is 8.18. The lowest BCUT2D eigenvalue weighted by Gasteiger charge is -2.27. The van der Waals surface area contributed by atoms with Gasteiger partial charge in [0, 0.05) is 32.7 Å². The predicted octanol–water partition coefficient (Wildman–Crippen LogP) is 2.71. The molecule has 1 unspecified atom stereocenters. The maximum absolute atomic E-state index is 12.7. The maximum atomic E-state index is 12.7. The normalized spacial score (nSPS) is 15.4. The van der Waals surface area contributed by atoms with Gasteiger partial charge in [-0.3, -0.25) is 9.89 Å². The zero-order valence-electron chi connectivity index (χ0n) is 14.1. The monoisotopic (exact) mass is 336 g/mol. The second-order valence-electron chi connectivity index (χ2n) is 6.08. The summed E-state index contributed by atoms with van der Waals surface area (Å²) in [6, 6.07) is 9.44. The molecular formula is C18H20N6O. The van der Waals surface area contributed by atoms with Crippen molar-refractivity contribution in [3.63, 3.8) is 0 Å². The molecule has 0 aliphatic carbocycles. The fourth-order valence-electron chi connectivity index (χ4n) is 2.84. The highest BCUT2D eigenvalue weighted by Crippen LogP contribution is 2.38. The minimum absolute atomic E-state index is 0.00244. The first-order chi connectivity index (χ1) is 12.2. The molecule has 1 aromatic carbocycles. The number of rotatable bonds is 8. The number of aromatic amines is 1. The number of carbonyl (C=O) groups is 1. The highest BCUT2D eigenvalue weighted by atomic mass is 16.2. The Morgan fingerprint density at radius 2 is 2.08 bits per heavy atom. The van der Waals surface area contributed by atoms with Crippen LogP contribution in [-0.4, -0.2) is 38.7 Å². The molecule has 128 valence electrons. The minimum Gasteiger partial charge on any atom is -0.331 e. The van der Waals surface area contributed by atoms with Gasteiger partial charge >= 0.3 is 0 Å². The van der Waals surface area contributed by atoms with Gasteiger partial charge in [0.2, 0.25) is 5.91 Å². The van der Waals surface area contributed by atoms with Crippen LogP contribution in [0.2, 0.25) is 0 Å². The van der Waals surface area contributed by atoms with Gasteiger partial charge in [-0.05, 0) is 5.56 Å². The van der Waals surface area contributed by atoms with Crippen molar-refractivity contribution < 1.29 is 4.79 Å². The van der Waals surface area contributed by atoms with E-state index in [0.717, 1.165) is 5.56 Å². The molecule has 2 heterocycles. The van der Waals surface area contributed by atoms with Crippen molar-refractivity contribution in [1.82, 2.24) is 20.1 Å². The van der Waals surface area contributed by atoms with E-state index in [2.05, 4.69) is 31.3 Å². The van der Waals surface area contributed by atoms with E-state index in [-0.39, 0.29) is 11.9 Å². The second kappa shape index (κ2) is 7.26. The average Bonchev–Trinajstić information content (AvgIpc) is 3.22. The van der Waals surface area contributed by atoms with Gasteiger partial charge in [0.1, 0.15) is 12.4 Å². The predicted molar refractivity (Wildman–Crippen MR) is 92.3 cm³/mol. The summed E-state index contributed by atoms with van der Waals surface area (Å²) in [5, 5.41) is 15.0. The molecule has 1 atom stereocenters. The Morgan fingerprint density at radius 3 is 2.68 bits per heavy atom. The molecule has 3 rings (SSSR count). The molecule has 0 bridgehead atoms. The number of benzene rings is 1. The van der Waals surface area contributed by atoms with Crippen molar-refractivity contribution in [2.75, 3.05) is 7.05 Å². The van der Waals surface area contributed by atoms with Crippen molar-refractivity contribution in [2.45, 2.75) is 37.4 Å². The molecule has 1 aromatic heterocycles. The van der Waals surface area contributed by atoms with Crippen molar-refractivity contribution in [3.8, 4) is 12.3 Å². The first kappa shape index (κ1) is 16.8. The third-order valence-electron chi connectivity index (χ3n) is 4.38. The van der Waals surface area contributed by atoms with Crippen LogP contribution in [0.5, 0.6) is 0 Å². The Bertz CT molecular complexity index is 772. The quantitative estimate of drug-likeness (QED) is 0.752. The Labute approximate surface area is 146 Å². The number of carbonyl (C=O) groups excluding carboxylic acids is 1. The third-order valence-corrected chi connectivity index (χ3v) is 4.38. The number of nitrogens with zero attached hydrogens (tertiary/aromatic N) is 5. The van der Waals surface area contributed by atoms with Crippen molar-refractivity contribution in [3.05, 3.63) is 48.0 Å². The molecule has 2 aromatic rings. The summed E-state index contributed by atoms with van der Waals surface area (Å²) in [5.74, 6) is 3.23. The SMILES string of the molecule is C#CCCC1(CCC(=O)N(C)C(c2ccccc2)c2ncn[nH]2)N=N1. The second-order valence-corrected chi connectivity index (χ2v) is 6.08. The lowest BCUT2D eigenvalue weighted by molar-refractivity contribution is -0.131. The van der Waals surface area contributed by atoms with Gasteiger partial charge in [-0.1, -0.05) is 30.3 Å². The molecule has 1 aliphatic rings. The number of nitrogens with one attached hydrogen (secondary N) is 1. The summed E-state index contributed by atoms with van der Waals surface area (Å²) < 4.78 is 0. The molecule has 1 N–H and O–H groups in total. The fraction of sp³-hybridized carbons (Fsp3) is 0.389. The molecule has 1 amide bonds. The Hall–Kier alpha value is -3.01. The van der Waals surface area contributed by atoms with E-state index in [1.807, 2.05) is 30.3 Å². The molecule has 0 spiro atoms. The minimum atomic E-state index is -0.447. The van der Waals surface area contributed by atoms with Crippen LogP contribution in [0.4, 0.5) is 0 Å². The molecule has 0 saturated carbocycles. The largest absolute Gasteiger partial charge is 0.331 e. The number of H-pyrrole nitrogens is 1. The van der Waals surface area contributed by atoms with Crippen molar-refractivity contribution in [2.24, 2.45) is 10.2 Å². The summed E-state index contributed by atoms with van der Waals surface area (Å²) in [4.78, 5) is 18.7. The van der Waals surface area contributed by atoms with E-state index in [1.165, 1.54) is 6.33 Å². The van der Waals surface area contributed by atoms with Crippen LogP contribution >= 0.6 is 0 Å². The van der Waals surface area contributed by atoms with Gasteiger partial charge in [-0.15, -0.1) is 12.3 Å². The lowest BCUT2D eigenvalue weighted by Crippen LogP contribution is -2.33. The maximum Gasteiger partial charge on any atom is 0.223 e. The number of hydrogen-bond donors (Lipinski definition) is 1. The van der Waals surface area contributed by atoms with Gasteiger partial charge in [-0.25, -0.2) is 4.98 Å². The van der Waals surface area contributed by atoms with Crippen LogP contribution < -0.4 is 0 Å². The topological polar surface area (TPSA) is 86.6 Å². The number of aromatic nitrogens is 3. The fourth-order valence-corrected chi connectivity index (χ4v) is 2.84. The highest BCUT2D eigenvalue weighted by molar-refractivity contribution is 5.77. The van der Waals surface area contributed by atoms with E-state index < -0.39 is 5.66 Å². The van der Waals surface area contributed by atoms with E-state index >= 15 is 0 Å². The summed E-state index contributed by atoms with van der Waals surface area (Å²) in [5.41, 5.74) is 0.523. The van der Waals surface area contributed by atoms with E-state index in [0.29, 0.717) is 31.5 Å². The standard InChI is InChI=1S/C18H20N6O/c1-3-4-11-18(22-23-18)12-10-15(25)24(2)16(17-19-13-20-21-17)14-8-6-5-7-9-14/h1,5-9,13,16H,4,10-12H2,2H3,(H,19,20,21). The van der Waals surface area contributed by atoms with E-state index in [9.17, 15) is 4.79 Å². The Kier molecular flexibility index (Phi) is 4.89. The summed E-state index contributed by atoms with van der Waals surface area (Å²) >= 11 is 0. The van der Waals surface area contributed by atoms with Gasteiger partial charge in [0.15, 0.2) is 11.5 Å². The van der Waals surface area contributed by atoms with Crippen molar-refractivity contribution in [1.29, 1.82) is 0 Å². The van der Waals surface area contributed by atoms with E-state index in [4.69, 9.17) is 6.42 Å². The van der Waals surface area contributed by atoms with Crippen LogP contribution in [0, 0.1) is 12.3 Å². The van der Waals surface area contributed by atoms with Crippen LogP contribution in [0.3, 0.4) is 0 Å². The molecule has 0 fully saturated rings. The molecule has 0 saturated heterocycles. The molecule has 7 nitrogen and oxygen atoms in total. The van der Waals surface area contributed by atoms with Crippen LogP contribution in [-0.2, 0) is 4.79 Å². The smallest absolute Gasteiger partial charge is 0.223 e. The average molecular weight is 336 g/mol. The van der Waals surface area contributed by atoms with Gasteiger partial charge in [-0.2, -0.15) is 15.3 Å². The molecule has 25 heavy (non-hydrogen) atoms. The Balaban J connectivity index is 1.69. The molecule has 1 aliphatic heterocycles. The highest BCUT2D eigenvalue weighted by Gasteiger charge is 2.40. The summed E-state index contributed by atoms with van der Waals surface area (Å²) in [7, 11) is 1.78. The van der Waals surface area contributed by atoms with Crippen LogP contribution in [0.25, 0.3) is 0 Å². The number of hydrogen-bond acceptors (Lipinski definition) is 5. The molecular weight excluding hydrogens is 316 g/mol. The summed E-state index contributed by atoms with van der Waals surface area (Å²) in [6.45, 7) is 0. The lowest BCUT2D eigenvalue weighted by atomic mass is 10.0. The number of amides is 1. The first-order valence-electron chi connectivity index (χ1n) is 8.18. The van der Waals surface area contributed by atoms with Crippen LogP contribution in [0.1, 0.15) is 43.1 Å². The Morgan fingerprint density at radius 1 is 1.32 bits per heavy atom. The van der Waals surface area contributed by atoms with E-state index in [1.54, 1.807) is 11.9 Å². The summed E-state index contributed by atoms with van der Waals surface area (Å²) in [6.07, 6.45) is 8.99.